The van der Waals surface area contributed by atoms with Gasteiger partial charge in [-0.15, -0.1) is 6.58 Å². The summed E-state index contributed by atoms with van der Waals surface area (Å²) in [6.07, 6.45) is 2.40. The lowest BCUT2D eigenvalue weighted by Crippen LogP contribution is -2.48. The Balaban J connectivity index is 5.39. The van der Waals surface area contributed by atoms with Crippen molar-refractivity contribution in [2.24, 2.45) is 23.7 Å². The molecule has 7 heteroatoms. The van der Waals surface area contributed by atoms with E-state index in [1.54, 1.807) is 5.48 Å². The second-order valence-electron chi connectivity index (χ2n) is 6.87. The van der Waals surface area contributed by atoms with Gasteiger partial charge in [0, 0.05) is 0 Å². The van der Waals surface area contributed by atoms with Gasteiger partial charge in [-0.05, 0) is 31.1 Å². The van der Waals surface area contributed by atoms with Crippen molar-refractivity contribution < 1.29 is 24.7 Å². The molecule has 0 fully saturated rings. The maximum Gasteiger partial charge on any atom is 0.326 e. The number of nitrogens with one attached hydrogen (secondary N) is 2. The summed E-state index contributed by atoms with van der Waals surface area (Å²) in [6.45, 7) is 11.1. The van der Waals surface area contributed by atoms with E-state index >= 15 is 0 Å². The standard InChI is InChI=1S/C17H30N2O5/c1-6-7-12(16(21)19-24)13(8-10(2)3)15(20)18-14(17(22)23)9-11(4)5/h6,10-14,24H,1,7-9H2,2-5H3,(H,18,20)(H,19,21)(H,22,23)/t12-,13+,14-/m0/s1. The zero-order valence-corrected chi connectivity index (χ0v) is 14.9. The Morgan fingerprint density at radius 3 is 1.92 bits per heavy atom. The van der Waals surface area contributed by atoms with Crippen molar-refractivity contribution in [3.8, 4) is 0 Å². The van der Waals surface area contributed by atoms with Crippen molar-refractivity contribution in [1.29, 1.82) is 0 Å². The number of carboxylic acids is 1. The average Bonchev–Trinajstić information content (AvgIpc) is 2.48. The highest BCUT2D eigenvalue weighted by molar-refractivity contribution is 5.89. The molecule has 7 nitrogen and oxygen atoms in total. The fourth-order valence-electron chi connectivity index (χ4n) is 2.65. The van der Waals surface area contributed by atoms with Crippen LogP contribution in [0, 0.1) is 23.7 Å². The molecule has 0 aliphatic carbocycles. The first kappa shape index (κ1) is 22.1. The summed E-state index contributed by atoms with van der Waals surface area (Å²) >= 11 is 0. The molecule has 3 atom stereocenters. The molecule has 0 spiro atoms. The minimum Gasteiger partial charge on any atom is -0.480 e. The Kier molecular flexibility index (Phi) is 9.95. The zero-order chi connectivity index (χ0) is 18.9. The third-order valence-electron chi connectivity index (χ3n) is 3.74. The lowest BCUT2D eigenvalue weighted by Gasteiger charge is -2.27. The van der Waals surface area contributed by atoms with Crippen LogP contribution in [0.1, 0.15) is 47.0 Å². The number of hydrogen-bond donors (Lipinski definition) is 4. The number of carbonyl (C=O) groups is 3. The smallest absolute Gasteiger partial charge is 0.326 e. The second kappa shape index (κ2) is 10.8. The summed E-state index contributed by atoms with van der Waals surface area (Å²) in [5, 5.41) is 20.7. The molecule has 0 aliphatic heterocycles. The highest BCUT2D eigenvalue weighted by Crippen LogP contribution is 2.25. The van der Waals surface area contributed by atoms with Crippen LogP contribution >= 0.6 is 0 Å². The Hall–Kier alpha value is -1.89. The van der Waals surface area contributed by atoms with Gasteiger partial charge in [0.25, 0.3) is 0 Å². The molecule has 138 valence electrons. The monoisotopic (exact) mass is 342 g/mol. The van der Waals surface area contributed by atoms with Gasteiger partial charge in [-0.3, -0.25) is 14.8 Å². The molecule has 0 aromatic carbocycles. The number of hydrogen-bond acceptors (Lipinski definition) is 4. The van der Waals surface area contributed by atoms with Gasteiger partial charge in [-0.25, -0.2) is 10.3 Å². The van der Waals surface area contributed by atoms with Gasteiger partial charge < -0.3 is 10.4 Å². The van der Waals surface area contributed by atoms with Crippen LogP contribution in [-0.2, 0) is 14.4 Å². The van der Waals surface area contributed by atoms with Gasteiger partial charge in [-0.1, -0.05) is 33.8 Å². The fourth-order valence-corrected chi connectivity index (χ4v) is 2.65. The second-order valence-corrected chi connectivity index (χ2v) is 6.87. The molecule has 0 heterocycles. The van der Waals surface area contributed by atoms with E-state index in [2.05, 4.69) is 11.9 Å². The van der Waals surface area contributed by atoms with E-state index in [0.717, 1.165) is 0 Å². The van der Waals surface area contributed by atoms with Crippen LogP contribution in [0.25, 0.3) is 0 Å². The van der Waals surface area contributed by atoms with Gasteiger partial charge >= 0.3 is 5.97 Å². The number of aliphatic carboxylic acids is 1. The lowest BCUT2D eigenvalue weighted by atomic mass is 9.82. The van der Waals surface area contributed by atoms with Gasteiger partial charge in [0.1, 0.15) is 6.04 Å². The lowest BCUT2D eigenvalue weighted by molar-refractivity contribution is -0.145. The molecule has 0 bridgehead atoms. The Morgan fingerprint density at radius 1 is 1.00 bits per heavy atom. The van der Waals surface area contributed by atoms with Crippen molar-refractivity contribution in [2.75, 3.05) is 0 Å². The molecule has 2 amide bonds. The normalized spacial score (nSPS) is 14.8. The Bertz CT molecular complexity index is 448. The van der Waals surface area contributed by atoms with Gasteiger partial charge in [0.15, 0.2) is 0 Å². The Morgan fingerprint density at radius 2 is 1.54 bits per heavy atom. The third-order valence-corrected chi connectivity index (χ3v) is 3.74. The van der Waals surface area contributed by atoms with Crippen molar-refractivity contribution in [3.05, 3.63) is 12.7 Å². The molecule has 0 saturated carbocycles. The van der Waals surface area contributed by atoms with E-state index in [1.807, 2.05) is 27.7 Å². The summed E-state index contributed by atoms with van der Waals surface area (Å²) in [5.41, 5.74) is 1.58. The minimum atomic E-state index is -1.10. The van der Waals surface area contributed by atoms with Crippen molar-refractivity contribution in [2.45, 2.75) is 53.0 Å². The number of allylic oxidation sites excluding steroid dienone is 1. The zero-order valence-electron chi connectivity index (χ0n) is 14.9. The van der Waals surface area contributed by atoms with E-state index in [1.165, 1.54) is 6.08 Å². The van der Waals surface area contributed by atoms with Gasteiger partial charge in [0.2, 0.25) is 11.8 Å². The van der Waals surface area contributed by atoms with Gasteiger partial charge in [0.05, 0.1) is 11.8 Å². The van der Waals surface area contributed by atoms with Crippen molar-refractivity contribution >= 4 is 17.8 Å². The van der Waals surface area contributed by atoms with E-state index in [-0.39, 0.29) is 18.3 Å². The first-order valence-corrected chi connectivity index (χ1v) is 8.21. The topological polar surface area (TPSA) is 116 Å². The molecule has 0 aromatic heterocycles. The van der Waals surface area contributed by atoms with E-state index in [0.29, 0.717) is 12.8 Å². The molecule has 0 saturated heterocycles. The first-order chi connectivity index (χ1) is 11.1. The molecule has 4 N–H and O–H groups in total. The van der Waals surface area contributed by atoms with E-state index < -0.39 is 35.7 Å². The maximum absolute atomic E-state index is 12.6. The predicted molar refractivity (Wildman–Crippen MR) is 90.2 cm³/mol. The van der Waals surface area contributed by atoms with Crippen molar-refractivity contribution in [1.82, 2.24) is 10.8 Å². The van der Waals surface area contributed by atoms with Crippen LogP contribution in [0.4, 0.5) is 0 Å². The summed E-state index contributed by atoms with van der Waals surface area (Å²) in [4.78, 5) is 35.9. The van der Waals surface area contributed by atoms with Crippen LogP contribution in [0.2, 0.25) is 0 Å². The molecule has 0 aromatic rings. The van der Waals surface area contributed by atoms with Crippen LogP contribution in [0.5, 0.6) is 0 Å². The number of rotatable bonds is 11. The number of amides is 2. The van der Waals surface area contributed by atoms with Crippen LogP contribution in [0.3, 0.4) is 0 Å². The fraction of sp³-hybridized carbons (Fsp3) is 0.706. The van der Waals surface area contributed by atoms with Crippen LogP contribution < -0.4 is 10.8 Å². The van der Waals surface area contributed by atoms with Crippen LogP contribution in [-0.4, -0.2) is 34.1 Å². The molecule has 0 radical (unpaired) electrons. The number of carboxylic acid groups (broad SMARTS) is 1. The number of hydroxylamine groups is 1. The summed E-state index contributed by atoms with van der Waals surface area (Å²) in [5.74, 6) is -3.61. The Labute approximate surface area is 143 Å². The average molecular weight is 342 g/mol. The third kappa shape index (κ3) is 7.59. The molecule has 0 unspecified atom stereocenters. The van der Waals surface area contributed by atoms with Crippen molar-refractivity contribution in [3.63, 3.8) is 0 Å². The predicted octanol–water partition coefficient (Wildman–Crippen LogP) is 1.96. The largest absolute Gasteiger partial charge is 0.480 e. The minimum absolute atomic E-state index is 0.0969. The maximum atomic E-state index is 12.6. The molecular weight excluding hydrogens is 312 g/mol. The van der Waals surface area contributed by atoms with Gasteiger partial charge in [-0.2, -0.15) is 0 Å². The molecule has 24 heavy (non-hydrogen) atoms. The first-order valence-electron chi connectivity index (χ1n) is 8.21. The molecule has 0 rings (SSSR count). The van der Waals surface area contributed by atoms with E-state index in [4.69, 9.17) is 5.21 Å². The summed E-state index contributed by atoms with van der Waals surface area (Å²) in [6, 6.07) is -1.01. The van der Waals surface area contributed by atoms with Crippen LogP contribution in [0.15, 0.2) is 12.7 Å². The summed E-state index contributed by atoms with van der Waals surface area (Å²) in [7, 11) is 0. The van der Waals surface area contributed by atoms with E-state index in [9.17, 15) is 19.5 Å². The molecule has 0 aliphatic rings. The quantitative estimate of drug-likeness (QED) is 0.260. The highest BCUT2D eigenvalue weighted by Gasteiger charge is 2.35. The molecular formula is C17H30N2O5. The SMILES string of the molecule is C=CC[C@H](C(=O)NO)[C@@H](CC(C)C)C(=O)N[C@@H](CC(C)C)C(=O)O. The number of carbonyl (C=O) groups excluding carboxylic acids is 2. The highest BCUT2D eigenvalue weighted by atomic mass is 16.5. The summed E-state index contributed by atoms with van der Waals surface area (Å²) < 4.78 is 0.